The van der Waals surface area contributed by atoms with Crippen molar-refractivity contribution < 1.29 is 0 Å². The Morgan fingerprint density at radius 3 is 1.93 bits per heavy atom. The SMILES string of the molecule is CC1(C)c2ccccc2-c2ccc3cc(N(c4ccccc4)c4ccc5c6ccccc6n(-c6ccccc6)c5c4)ccc3c21. The predicted molar refractivity (Wildman–Crippen MR) is 191 cm³/mol. The molecule has 214 valence electrons. The van der Waals surface area contributed by atoms with E-state index in [9.17, 15) is 0 Å². The average Bonchev–Trinajstić information content (AvgIpc) is 3.54. The number of anilines is 3. The quantitative estimate of drug-likeness (QED) is 0.202. The van der Waals surface area contributed by atoms with Crippen LogP contribution in [0.3, 0.4) is 0 Å². The average molecular weight is 577 g/mol. The Hall–Kier alpha value is -5.60. The van der Waals surface area contributed by atoms with E-state index in [1.807, 2.05) is 0 Å². The van der Waals surface area contributed by atoms with Gasteiger partial charge in [0, 0.05) is 38.9 Å². The topological polar surface area (TPSA) is 8.17 Å². The molecule has 0 fully saturated rings. The molecule has 0 radical (unpaired) electrons. The van der Waals surface area contributed by atoms with Crippen molar-refractivity contribution in [3.63, 3.8) is 0 Å². The van der Waals surface area contributed by atoms with Crippen LogP contribution in [0.4, 0.5) is 17.1 Å². The zero-order chi connectivity index (χ0) is 30.1. The summed E-state index contributed by atoms with van der Waals surface area (Å²) in [5.41, 5.74) is 12.5. The van der Waals surface area contributed by atoms with Crippen LogP contribution in [0.15, 0.2) is 158 Å². The third-order valence-corrected chi connectivity index (χ3v) is 9.72. The summed E-state index contributed by atoms with van der Waals surface area (Å²) >= 11 is 0. The molecule has 0 N–H and O–H groups in total. The van der Waals surface area contributed by atoms with Crippen LogP contribution in [0.25, 0.3) is 49.4 Å². The lowest BCUT2D eigenvalue weighted by molar-refractivity contribution is 0.666. The molecule has 1 aliphatic rings. The standard InChI is InChI=1S/C43H32N2/c1-43(2)39-19-11-9-17-35(39)38-24-21-29-27-32(22-25-34(29)42(38)43)44(30-13-5-3-6-14-30)33-23-26-37-36-18-10-12-20-40(36)45(41(37)28-33)31-15-7-4-8-16-31/h3-28H,1-2H3. The first-order valence-corrected chi connectivity index (χ1v) is 15.7. The van der Waals surface area contributed by atoms with Crippen LogP contribution < -0.4 is 4.90 Å². The van der Waals surface area contributed by atoms with Gasteiger partial charge in [-0.15, -0.1) is 0 Å². The van der Waals surface area contributed by atoms with Gasteiger partial charge in [-0.25, -0.2) is 0 Å². The molecule has 0 saturated heterocycles. The Balaban J connectivity index is 1.26. The highest BCUT2D eigenvalue weighted by Crippen LogP contribution is 2.51. The zero-order valence-electron chi connectivity index (χ0n) is 25.4. The number of rotatable bonds is 4. The van der Waals surface area contributed by atoms with Crippen LogP contribution in [0.1, 0.15) is 25.0 Å². The fourth-order valence-electron chi connectivity index (χ4n) is 7.73. The molecule has 0 unspecified atom stereocenters. The van der Waals surface area contributed by atoms with Crippen molar-refractivity contribution in [1.29, 1.82) is 0 Å². The van der Waals surface area contributed by atoms with E-state index in [4.69, 9.17) is 0 Å². The zero-order valence-corrected chi connectivity index (χ0v) is 25.4. The number of hydrogen-bond acceptors (Lipinski definition) is 1. The molecule has 0 amide bonds. The Kier molecular flexibility index (Phi) is 5.58. The van der Waals surface area contributed by atoms with Gasteiger partial charge in [0.15, 0.2) is 0 Å². The number of aromatic nitrogens is 1. The van der Waals surface area contributed by atoms with Gasteiger partial charge in [0.1, 0.15) is 0 Å². The van der Waals surface area contributed by atoms with E-state index in [0.717, 1.165) is 22.7 Å². The first-order chi connectivity index (χ1) is 22.1. The molecule has 1 heterocycles. The molecule has 0 bridgehead atoms. The molecule has 0 spiro atoms. The maximum atomic E-state index is 2.39. The Morgan fingerprint density at radius 1 is 0.467 bits per heavy atom. The van der Waals surface area contributed by atoms with Crippen molar-refractivity contribution in [2.45, 2.75) is 19.3 Å². The molecule has 45 heavy (non-hydrogen) atoms. The maximum absolute atomic E-state index is 2.39. The number of benzene rings is 7. The minimum Gasteiger partial charge on any atom is -0.310 e. The molecule has 7 aromatic carbocycles. The minimum absolute atomic E-state index is 0.0536. The second-order valence-corrected chi connectivity index (χ2v) is 12.6. The summed E-state index contributed by atoms with van der Waals surface area (Å²) < 4.78 is 2.39. The Bertz CT molecular complexity index is 2400. The molecule has 1 aromatic heterocycles. The highest BCUT2D eigenvalue weighted by molar-refractivity contribution is 6.10. The highest BCUT2D eigenvalue weighted by atomic mass is 15.1. The number of hydrogen-bond donors (Lipinski definition) is 0. The van der Waals surface area contributed by atoms with E-state index in [1.165, 1.54) is 54.8 Å². The van der Waals surface area contributed by atoms with Gasteiger partial charge >= 0.3 is 0 Å². The van der Waals surface area contributed by atoms with E-state index in [2.05, 4.69) is 181 Å². The maximum Gasteiger partial charge on any atom is 0.0561 e. The largest absolute Gasteiger partial charge is 0.310 e. The van der Waals surface area contributed by atoms with E-state index in [-0.39, 0.29) is 5.41 Å². The molecule has 1 aliphatic carbocycles. The van der Waals surface area contributed by atoms with Crippen LogP contribution >= 0.6 is 0 Å². The molecular weight excluding hydrogens is 544 g/mol. The lowest BCUT2D eigenvalue weighted by Crippen LogP contribution is -2.15. The van der Waals surface area contributed by atoms with Gasteiger partial charge in [-0.2, -0.15) is 0 Å². The van der Waals surface area contributed by atoms with Gasteiger partial charge in [0.05, 0.1) is 11.0 Å². The normalized spacial score (nSPS) is 13.3. The van der Waals surface area contributed by atoms with Crippen molar-refractivity contribution >= 4 is 49.6 Å². The molecular formula is C43H32N2. The van der Waals surface area contributed by atoms with Crippen LogP contribution in [0.5, 0.6) is 0 Å². The second kappa shape index (κ2) is 9.70. The van der Waals surface area contributed by atoms with Gasteiger partial charge in [-0.1, -0.05) is 117 Å². The summed E-state index contributed by atoms with van der Waals surface area (Å²) in [5.74, 6) is 0. The predicted octanol–water partition coefficient (Wildman–Crippen LogP) is 11.7. The number of para-hydroxylation sites is 3. The summed E-state index contributed by atoms with van der Waals surface area (Å²) in [6.07, 6.45) is 0. The van der Waals surface area contributed by atoms with Crippen molar-refractivity contribution in [2.75, 3.05) is 4.90 Å². The lowest BCUT2D eigenvalue weighted by atomic mass is 9.80. The molecule has 0 aliphatic heterocycles. The van der Waals surface area contributed by atoms with Gasteiger partial charge in [0.25, 0.3) is 0 Å². The minimum atomic E-state index is -0.0536. The molecule has 0 atom stereocenters. The molecule has 2 nitrogen and oxygen atoms in total. The van der Waals surface area contributed by atoms with Crippen LogP contribution in [-0.4, -0.2) is 4.57 Å². The summed E-state index contributed by atoms with van der Waals surface area (Å²) in [6.45, 7) is 4.73. The van der Waals surface area contributed by atoms with Gasteiger partial charge < -0.3 is 9.47 Å². The van der Waals surface area contributed by atoms with Crippen molar-refractivity contribution in [1.82, 2.24) is 4.57 Å². The van der Waals surface area contributed by atoms with Crippen LogP contribution in [-0.2, 0) is 5.41 Å². The Morgan fingerprint density at radius 2 is 1.11 bits per heavy atom. The van der Waals surface area contributed by atoms with Gasteiger partial charge in [-0.3, -0.25) is 0 Å². The molecule has 2 heteroatoms. The van der Waals surface area contributed by atoms with Crippen LogP contribution in [0.2, 0.25) is 0 Å². The van der Waals surface area contributed by atoms with E-state index >= 15 is 0 Å². The summed E-state index contributed by atoms with van der Waals surface area (Å²) in [4.78, 5) is 2.39. The first-order valence-electron chi connectivity index (χ1n) is 15.7. The van der Waals surface area contributed by atoms with E-state index in [1.54, 1.807) is 0 Å². The summed E-state index contributed by atoms with van der Waals surface area (Å²) in [6, 6.07) is 57.5. The summed E-state index contributed by atoms with van der Waals surface area (Å²) in [7, 11) is 0. The van der Waals surface area contributed by atoms with Gasteiger partial charge in [-0.05, 0) is 87.6 Å². The third-order valence-electron chi connectivity index (χ3n) is 9.72. The Labute approximate surface area is 263 Å². The highest BCUT2D eigenvalue weighted by Gasteiger charge is 2.36. The molecule has 9 rings (SSSR count). The fourth-order valence-corrected chi connectivity index (χ4v) is 7.73. The monoisotopic (exact) mass is 576 g/mol. The summed E-state index contributed by atoms with van der Waals surface area (Å²) in [5, 5.41) is 5.09. The van der Waals surface area contributed by atoms with Crippen molar-refractivity contribution in [3.05, 3.63) is 169 Å². The number of nitrogens with zero attached hydrogens (tertiary/aromatic N) is 2. The van der Waals surface area contributed by atoms with Crippen molar-refractivity contribution in [2.24, 2.45) is 0 Å². The van der Waals surface area contributed by atoms with Crippen molar-refractivity contribution in [3.8, 4) is 16.8 Å². The number of fused-ring (bicyclic) bond motifs is 8. The lowest BCUT2D eigenvalue weighted by Gasteiger charge is -2.27. The second-order valence-electron chi connectivity index (χ2n) is 12.6. The van der Waals surface area contributed by atoms with E-state index in [0.29, 0.717) is 0 Å². The smallest absolute Gasteiger partial charge is 0.0561 e. The molecule has 0 saturated carbocycles. The fraction of sp³-hybridized carbons (Fsp3) is 0.0698. The van der Waals surface area contributed by atoms with Gasteiger partial charge in [0.2, 0.25) is 0 Å². The van der Waals surface area contributed by atoms with Crippen LogP contribution in [0, 0.1) is 0 Å². The first kappa shape index (κ1) is 25.9. The molecule has 8 aromatic rings. The third kappa shape index (κ3) is 3.82. The van der Waals surface area contributed by atoms with E-state index < -0.39 is 0 Å².